The second-order valence-corrected chi connectivity index (χ2v) is 12.9. The number of rotatable bonds is 4. The Morgan fingerprint density at radius 2 is 0.840 bits per heavy atom. The third-order valence-corrected chi connectivity index (χ3v) is 10.2. The molecule has 0 bridgehead atoms. The molecule has 0 atom stereocenters. The van der Waals surface area contributed by atoms with Crippen LogP contribution in [-0.2, 0) is 5.41 Å². The molecule has 2 heterocycles. The van der Waals surface area contributed by atoms with Gasteiger partial charge in [-0.3, -0.25) is 0 Å². The summed E-state index contributed by atoms with van der Waals surface area (Å²) in [5.41, 5.74) is 14.0. The Hall–Kier alpha value is -6.58. The zero-order chi connectivity index (χ0) is 33.1. The molecule has 0 N–H and O–H groups in total. The molecule has 1 aliphatic heterocycles. The zero-order valence-corrected chi connectivity index (χ0v) is 27.1. The largest absolute Gasteiger partial charge is 0.457 e. The van der Waals surface area contributed by atoms with Crippen molar-refractivity contribution < 1.29 is 4.74 Å². The second-order valence-electron chi connectivity index (χ2n) is 12.9. The van der Waals surface area contributed by atoms with Crippen LogP contribution in [0.4, 0.5) is 0 Å². The normalized spacial score (nSPS) is 13.1. The third-order valence-electron chi connectivity index (χ3n) is 10.2. The van der Waals surface area contributed by atoms with E-state index in [0.717, 1.165) is 61.8 Å². The van der Waals surface area contributed by atoms with E-state index in [2.05, 4.69) is 146 Å². The summed E-state index contributed by atoms with van der Waals surface area (Å²) in [5.74, 6) is 2.46. The predicted octanol–water partition coefficient (Wildman–Crippen LogP) is 11.6. The average Bonchev–Trinajstić information content (AvgIpc) is 3.49. The van der Waals surface area contributed by atoms with E-state index in [0.29, 0.717) is 5.82 Å². The Bertz CT molecular complexity index is 2470. The lowest BCUT2D eigenvalue weighted by molar-refractivity contribution is 0.436. The van der Waals surface area contributed by atoms with Gasteiger partial charge in [-0.05, 0) is 63.7 Å². The molecular formula is C47H30N2O. The average molecular weight is 639 g/mol. The van der Waals surface area contributed by atoms with Crippen LogP contribution in [0.3, 0.4) is 0 Å². The van der Waals surface area contributed by atoms with Crippen molar-refractivity contribution in [1.82, 2.24) is 9.97 Å². The maximum absolute atomic E-state index is 6.67. The molecule has 0 saturated heterocycles. The summed E-state index contributed by atoms with van der Waals surface area (Å²) in [6.07, 6.45) is 0. The van der Waals surface area contributed by atoms with E-state index in [1.165, 1.54) is 22.3 Å². The highest BCUT2D eigenvalue weighted by molar-refractivity contribution is 5.89. The number of ether oxygens (including phenoxy) is 1. The molecule has 0 amide bonds. The van der Waals surface area contributed by atoms with Gasteiger partial charge in [0.25, 0.3) is 0 Å². The van der Waals surface area contributed by atoms with Crippen molar-refractivity contribution in [3.63, 3.8) is 0 Å². The molecule has 1 aromatic heterocycles. The summed E-state index contributed by atoms with van der Waals surface area (Å²) < 4.78 is 6.67. The summed E-state index contributed by atoms with van der Waals surface area (Å²) >= 11 is 0. The van der Waals surface area contributed by atoms with E-state index < -0.39 is 5.41 Å². The van der Waals surface area contributed by atoms with E-state index >= 15 is 0 Å². The molecule has 1 aliphatic carbocycles. The number of hydrogen-bond donors (Lipinski definition) is 0. The van der Waals surface area contributed by atoms with Gasteiger partial charge in [-0.15, -0.1) is 0 Å². The Morgan fingerprint density at radius 3 is 1.50 bits per heavy atom. The van der Waals surface area contributed by atoms with Crippen molar-refractivity contribution >= 4 is 0 Å². The minimum atomic E-state index is -0.511. The van der Waals surface area contributed by atoms with Gasteiger partial charge >= 0.3 is 0 Å². The van der Waals surface area contributed by atoms with Gasteiger partial charge in [-0.25, -0.2) is 9.97 Å². The fourth-order valence-corrected chi connectivity index (χ4v) is 7.96. The van der Waals surface area contributed by atoms with Gasteiger partial charge in [-0.1, -0.05) is 152 Å². The fourth-order valence-electron chi connectivity index (χ4n) is 7.96. The molecule has 7 aromatic carbocycles. The van der Waals surface area contributed by atoms with Gasteiger partial charge in [0.05, 0.1) is 16.8 Å². The van der Waals surface area contributed by atoms with Crippen molar-refractivity contribution in [3.05, 3.63) is 204 Å². The molecule has 234 valence electrons. The molecule has 1 spiro atoms. The number of hydrogen-bond acceptors (Lipinski definition) is 3. The van der Waals surface area contributed by atoms with E-state index in [1.807, 2.05) is 36.4 Å². The van der Waals surface area contributed by atoms with E-state index in [1.54, 1.807) is 0 Å². The van der Waals surface area contributed by atoms with Gasteiger partial charge in [-0.2, -0.15) is 0 Å². The molecule has 0 unspecified atom stereocenters. The molecular weight excluding hydrogens is 609 g/mol. The Kier molecular flexibility index (Phi) is 6.40. The Balaban J connectivity index is 1.15. The maximum Gasteiger partial charge on any atom is 0.160 e. The van der Waals surface area contributed by atoms with Crippen molar-refractivity contribution in [1.29, 1.82) is 0 Å². The van der Waals surface area contributed by atoms with E-state index in [9.17, 15) is 0 Å². The van der Waals surface area contributed by atoms with Gasteiger partial charge < -0.3 is 4.74 Å². The van der Waals surface area contributed by atoms with Crippen LogP contribution >= 0.6 is 0 Å². The standard InChI is InChI=1S/C47H30N2O/c1-3-14-31(15-4-1)42-30-43(32-16-5-2-6-17-32)49-46(48-42)35-19-13-18-33(28-35)34-26-27-45-41(29-34)47(40-24-11-12-25-44(40)50-45)38-22-9-7-20-36(38)37-21-8-10-23-39(37)47/h1-30H. The SMILES string of the molecule is c1ccc(-c2cc(-c3ccccc3)nc(-c3cccc(-c4ccc5c(c4)C4(c6ccccc6O5)c5ccccc5-c5ccccc54)c3)n2)cc1. The summed E-state index contributed by atoms with van der Waals surface area (Å²) in [7, 11) is 0. The summed E-state index contributed by atoms with van der Waals surface area (Å²) in [4.78, 5) is 10.2. The second kappa shape index (κ2) is 11.3. The van der Waals surface area contributed by atoms with Gasteiger partial charge in [0, 0.05) is 27.8 Å². The van der Waals surface area contributed by atoms with Crippen LogP contribution in [-0.4, -0.2) is 9.97 Å². The van der Waals surface area contributed by atoms with E-state index in [-0.39, 0.29) is 0 Å². The van der Waals surface area contributed by atoms with Crippen molar-refractivity contribution in [3.8, 4) is 67.7 Å². The van der Waals surface area contributed by atoms with Crippen LogP contribution in [0.15, 0.2) is 182 Å². The first-order chi connectivity index (χ1) is 24.8. The van der Waals surface area contributed by atoms with Crippen LogP contribution in [0.25, 0.3) is 56.2 Å². The molecule has 3 nitrogen and oxygen atoms in total. The first-order valence-corrected chi connectivity index (χ1v) is 17.0. The van der Waals surface area contributed by atoms with Crippen LogP contribution < -0.4 is 4.74 Å². The van der Waals surface area contributed by atoms with Crippen molar-refractivity contribution in [2.45, 2.75) is 5.41 Å². The molecule has 8 aromatic rings. The van der Waals surface area contributed by atoms with Gasteiger partial charge in [0.2, 0.25) is 0 Å². The molecule has 0 saturated carbocycles. The summed E-state index contributed by atoms with van der Waals surface area (Å²) in [6.45, 7) is 0. The third kappa shape index (κ3) is 4.30. The maximum atomic E-state index is 6.67. The smallest absolute Gasteiger partial charge is 0.160 e. The molecule has 50 heavy (non-hydrogen) atoms. The first-order valence-electron chi connectivity index (χ1n) is 17.0. The number of aromatic nitrogens is 2. The molecule has 0 radical (unpaired) electrons. The predicted molar refractivity (Wildman–Crippen MR) is 201 cm³/mol. The van der Waals surface area contributed by atoms with E-state index in [4.69, 9.17) is 14.7 Å². The van der Waals surface area contributed by atoms with Crippen LogP contribution in [0.2, 0.25) is 0 Å². The topological polar surface area (TPSA) is 35.0 Å². The number of nitrogens with zero attached hydrogens (tertiary/aromatic N) is 2. The molecule has 0 fully saturated rings. The lowest BCUT2D eigenvalue weighted by Crippen LogP contribution is -2.32. The summed E-state index contributed by atoms with van der Waals surface area (Å²) in [5, 5.41) is 0. The molecule has 3 heteroatoms. The highest BCUT2D eigenvalue weighted by Crippen LogP contribution is 2.62. The number of fused-ring (bicyclic) bond motifs is 9. The fraction of sp³-hybridized carbons (Fsp3) is 0.0213. The Labute approximate surface area is 291 Å². The lowest BCUT2D eigenvalue weighted by atomic mass is 9.66. The minimum absolute atomic E-state index is 0.511. The van der Waals surface area contributed by atoms with Crippen molar-refractivity contribution in [2.75, 3.05) is 0 Å². The quantitative estimate of drug-likeness (QED) is 0.192. The molecule has 10 rings (SSSR count). The monoisotopic (exact) mass is 638 g/mol. The van der Waals surface area contributed by atoms with Crippen molar-refractivity contribution in [2.24, 2.45) is 0 Å². The van der Waals surface area contributed by atoms with Gasteiger partial charge in [0.15, 0.2) is 5.82 Å². The van der Waals surface area contributed by atoms with Crippen LogP contribution in [0, 0.1) is 0 Å². The van der Waals surface area contributed by atoms with Gasteiger partial charge in [0.1, 0.15) is 11.5 Å². The first kappa shape index (κ1) is 28.4. The Morgan fingerprint density at radius 1 is 0.340 bits per heavy atom. The van der Waals surface area contributed by atoms with Crippen LogP contribution in [0.1, 0.15) is 22.3 Å². The highest BCUT2D eigenvalue weighted by atomic mass is 16.5. The summed E-state index contributed by atoms with van der Waals surface area (Å²) in [6, 6.07) is 64.1. The minimum Gasteiger partial charge on any atom is -0.457 e. The number of benzene rings is 7. The number of para-hydroxylation sites is 1. The highest BCUT2D eigenvalue weighted by Gasteiger charge is 2.50. The zero-order valence-electron chi connectivity index (χ0n) is 27.1. The molecule has 2 aliphatic rings. The van der Waals surface area contributed by atoms with Crippen LogP contribution in [0.5, 0.6) is 11.5 Å². The lowest BCUT2D eigenvalue weighted by Gasteiger charge is -2.39.